The van der Waals surface area contributed by atoms with Crippen LogP contribution in [-0.4, -0.2) is 118 Å². The molecule has 0 bridgehead atoms. The van der Waals surface area contributed by atoms with Crippen LogP contribution in [0.1, 0.15) is 39.5 Å². The van der Waals surface area contributed by atoms with E-state index in [1.165, 1.54) is 6.92 Å². The zero-order chi connectivity index (χ0) is 24.5. The van der Waals surface area contributed by atoms with Gasteiger partial charge >= 0.3 is 0 Å². The molecule has 0 aromatic rings. The van der Waals surface area contributed by atoms with E-state index in [0.717, 1.165) is 0 Å². The molecule has 7 N–H and O–H groups in total. The van der Waals surface area contributed by atoms with Crippen LogP contribution in [0.5, 0.6) is 0 Å². The van der Waals surface area contributed by atoms with E-state index in [4.69, 9.17) is 14.2 Å². The molecule has 2 aliphatic heterocycles. The number of carbonyl (C=O) groups excluding carboxylic acids is 1. The molecule has 33 heavy (non-hydrogen) atoms. The van der Waals surface area contributed by atoms with Crippen LogP contribution in [0.15, 0.2) is 0 Å². The molecule has 2 rings (SSSR count). The van der Waals surface area contributed by atoms with Crippen molar-refractivity contribution >= 4 is 5.91 Å². The third kappa shape index (κ3) is 7.06. The Morgan fingerprint density at radius 1 is 0.939 bits per heavy atom. The van der Waals surface area contributed by atoms with Gasteiger partial charge in [-0.1, -0.05) is 6.92 Å². The summed E-state index contributed by atoms with van der Waals surface area (Å²) in [6.45, 7) is 2.94. The van der Waals surface area contributed by atoms with Crippen molar-refractivity contribution in [2.45, 2.75) is 88.4 Å². The average Bonchev–Trinajstić information content (AvgIpc) is 2.80. The van der Waals surface area contributed by atoms with E-state index in [9.17, 15) is 35.4 Å². The van der Waals surface area contributed by atoms with Gasteiger partial charge in [-0.15, -0.1) is 0 Å². The highest BCUT2D eigenvalue weighted by Gasteiger charge is 2.54. The first-order chi connectivity index (χ1) is 15.8. The van der Waals surface area contributed by atoms with Gasteiger partial charge in [0, 0.05) is 38.5 Å². The fourth-order valence-electron chi connectivity index (χ4n) is 4.96. The Morgan fingerprint density at radius 2 is 1.64 bits per heavy atom. The van der Waals surface area contributed by atoms with E-state index in [2.05, 4.69) is 5.32 Å². The highest BCUT2D eigenvalue weighted by atomic mass is 16.6. The summed E-state index contributed by atoms with van der Waals surface area (Å²) in [4.78, 5) is 11.0. The van der Waals surface area contributed by atoms with Crippen molar-refractivity contribution in [3.63, 3.8) is 0 Å². The topological polar surface area (TPSA) is 178 Å². The molecular formula is C22H41NO10. The lowest BCUT2D eigenvalue weighted by Gasteiger charge is -2.51. The molecule has 11 heteroatoms. The number of ether oxygens (including phenoxy) is 3. The standard InChI is InChI=1S/C22H41NO10/c1-3-13-15(10-25)33-22(20(30)18(13)28)17-16(11-26)32-14(6-4-8-24)21(19(17)29)31-9-5-7-23-12(2)27/h13-22,24-26,28-30H,3-11H2,1-2H3,(H,23,27)/t13-,14?,15-,16-,17-,18+,19+,20-,21+,22?/m1/s1. The molecule has 0 aromatic carbocycles. The minimum Gasteiger partial charge on any atom is -0.396 e. The maximum Gasteiger partial charge on any atom is 0.216 e. The second-order valence-corrected chi connectivity index (χ2v) is 8.88. The van der Waals surface area contributed by atoms with E-state index in [0.29, 0.717) is 32.2 Å². The van der Waals surface area contributed by atoms with E-state index in [-0.39, 0.29) is 25.7 Å². The number of hydrogen-bond donors (Lipinski definition) is 7. The van der Waals surface area contributed by atoms with Gasteiger partial charge in [0.2, 0.25) is 5.91 Å². The summed E-state index contributed by atoms with van der Waals surface area (Å²) in [5.41, 5.74) is 0. The third-order valence-corrected chi connectivity index (χ3v) is 6.67. The summed E-state index contributed by atoms with van der Waals surface area (Å²) in [7, 11) is 0. The summed E-state index contributed by atoms with van der Waals surface area (Å²) in [5, 5.41) is 64.4. The predicted octanol–water partition coefficient (Wildman–Crippen LogP) is -2.09. The number of nitrogens with one attached hydrogen (secondary N) is 1. The van der Waals surface area contributed by atoms with Gasteiger partial charge in [0.15, 0.2) is 0 Å². The van der Waals surface area contributed by atoms with Gasteiger partial charge in [0.25, 0.3) is 0 Å². The largest absolute Gasteiger partial charge is 0.396 e. The quantitative estimate of drug-likeness (QED) is 0.154. The molecule has 10 atom stereocenters. The van der Waals surface area contributed by atoms with E-state index in [1.807, 2.05) is 6.92 Å². The van der Waals surface area contributed by atoms with Gasteiger partial charge in [-0.3, -0.25) is 4.79 Å². The van der Waals surface area contributed by atoms with Gasteiger partial charge in [-0.2, -0.15) is 0 Å². The molecule has 0 spiro atoms. The van der Waals surface area contributed by atoms with Gasteiger partial charge in [0.1, 0.15) is 12.2 Å². The van der Waals surface area contributed by atoms with Crippen molar-refractivity contribution < 1.29 is 49.6 Å². The molecule has 0 aliphatic carbocycles. The maximum atomic E-state index is 11.3. The molecule has 0 radical (unpaired) electrons. The number of rotatable bonds is 12. The van der Waals surface area contributed by atoms with Crippen molar-refractivity contribution in [2.75, 3.05) is 33.0 Å². The average molecular weight is 480 g/mol. The molecule has 11 nitrogen and oxygen atoms in total. The first kappa shape index (κ1) is 28.3. The monoisotopic (exact) mass is 479 g/mol. The number of aliphatic hydroxyl groups is 6. The van der Waals surface area contributed by atoms with Crippen LogP contribution < -0.4 is 5.32 Å². The molecule has 2 fully saturated rings. The molecule has 1 amide bonds. The van der Waals surface area contributed by atoms with Crippen LogP contribution in [0.2, 0.25) is 0 Å². The molecular weight excluding hydrogens is 438 g/mol. The van der Waals surface area contributed by atoms with Crippen molar-refractivity contribution in [3.05, 3.63) is 0 Å². The lowest BCUT2D eigenvalue weighted by atomic mass is 9.75. The first-order valence-electron chi connectivity index (χ1n) is 11.8. The summed E-state index contributed by atoms with van der Waals surface area (Å²) < 4.78 is 17.9. The maximum absolute atomic E-state index is 11.3. The summed E-state index contributed by atoms with van der Waals surface area (Å²) in [5.74, 6) is -1.57. The highest BCUT2D eigenvalue weighted by molar-refractivity contribution is 5.72. The Morgan fingerprint density at radius 3 is 2.21 bits per heavy atom. The number of amides is 1. The molecule has 0 aromatic heterocycles. The van der Waals surface area contributed by atoms with Gasteiger partial charge < -0.3 is 50.2 Å². The van der Waals surface area contributed by atoms with Crippen LogP contribution in [0.25, 0.3) is 0 Å². The summed E-state index contributed by atoms with van der Waals surface area (Å²) >= 11 is 0. The minimum absolute atomic E-state index is 0.0777. The van der Waals surface area contributed by atoms with Gasteiger partial charge in [-0.25, -0.2) is 0 Å². The van der Waals surface area contributed by atoms with Crippen molar-refractivity contribution in [1.82, 2.24) is 5.32 Å². The van der Waals surface area contributed by atoms with Crippen LogP contribution in [-0.2, 0) is 19.0 Å². The number of aliphatic hydroxyl groups excluding tert-OH is 6. The molecule has 2 aliphatic rings. The van der Waals surface area contributed by atoms with Crippen molar-refractivity contribution in [3.8, 4) is 0 Å². The molecule has 0 saturated carbocycles. The van der Waals surface area contributed by atoms with Crippen LogP contribution in [0, 0.1) is 11.8 Å². The third-order valence-electron chi connectivity index (χ3n) is 6.67. The number of carbonyl (C=O) groups is 1. The van der Waals surface area contributed by atoms with Crippen LogP contribution >= 0.6 is 0 Å². The van der Waals surface area contributed by atoms with Gasteiger partial charge in [0.05, 0.1) is 49.8 Å². The molecule has 2 saturated heterocycles. The lowest BCUT2D eigenvalue weighted by Crippen LogP contribution is -2.66. The Hall–Kier alpha value is -0.890. The molecule has 2 unspecified atom stereocenters. The Bertz CT molecular complexity index is 579. The van der Waals surface area contributed by atoms with Crippen molar-refractivity contribution in [1.29, 1.82) is 0 Å². The predicted molar refractivity (Wildman–Crippen MR) is 116 cm³/mol. The molecule has 194 valence electrons. The Balaban J connectivity index is 2.20. The zero-order valence-electron chi connectivity index (χ0n) is 19.5. The van der Waals surface area contributed by atoms with E-state index >= 15 is 0 Å². The second-order valence-electron chi connectivity index (χ2n) is 8.88. The SMILES string of the molecule is CC[C@H]1[C@H](O)[C@@H](O)C([C@H]2[C@H](O)[C@@H](OCCCNC(C)=O)C(CCCO)O[C@@H]2CO)O[C@@H]1CO. The lowest BCUT2D eigenvalue weighted by molar-refractivity contribution is -0.286. The summed E-state index contributed by atoms with van der Waals surface area (Å²) in [6, 6.07) is 0. The second kappa shape index (κ2) is 13.9. The van der Waals surface area contributed by atoms with Crippen LogP contribution in [0.3, 0.4) is 0 Å². The smallest absolute Gasteiger partial charge is 0.216 e. The highest BCUT2D eigenvalue weighted by Crippen LogP contribution is 2.39. The summed E-state index contributed by atoms with van der Waals surface area (Å²) in [6.07, 6.45) is -6.22. The first-order valence-corrected chi connectivity index (χ1v) is 11.8. The van der Waals surface area contributed by atoms with Gasteiger partial charge in [-0.05, 0) is 25.7 Å². The Labute approximate surface area is 194 Å². The van der Waals surface area contributed by atoms with E-state index < -0.39 is 67.3 Å². The van der Waals surface area contributed by atoms with E-state index in [1.54, 1.807) is 0 Å². The normalized spacial score (nSPS) is 39.4. The minimum atomic E-state index is -1.36. The van der Waals surface area contributed by atoms with Crippen molar-refractivity contribution in [2.24, 2.45) is 11.8 Å². The molecule has 2 heterocycles. The van der Waals surface area contributed by atoms with Crippen LogP contribution in [0.4, 0.5) is 0 Å². The fraction of sp³-hybridized carbons (Fsp3) is 0.955. The number of hydrogen-bond acceptors (Lipinski definition) is 10. The zero-order valence-corrected chi connectivity index (χ0v) is 19.5. The fourth-order valence-corrected chi connectivity index (χ4v) is 4.96. The Kier molecular flexibility index (Phi) is 11.9.